The van der Waals surface area contributed by atoms with E-state index in [0.29, 0.717) is 11.3 Å². The van der Waals surface area contributed by atoms with Gasteiger partial charge >= 0.3 is 0 Å². The predicted molar refractivity (Wildman–Crippen MR) is 55.0 cm³/mol. The maximum absolute atomic E-state index is 9.76. The van der Waals surface area contributed by atoms with Gasteiger partial charge in [-0.05, 0) is 25.7 Å². The Morgan fingerprint density at radius 1 is 1.29 bits per heavy atom. The summed E-state index contributed by atoms with van der Waals surface area (Å²) in [6, 6.07) is 0. The molecular formula is C11H18N2O. The monoisotopic (exact) mass is 194 g/mol. The van der Waals surface area contributed by atoms with E-state index in [2.05, 4.69) is 10.2 Å². The summed E-state index contributed by atoms with van der Waals surface area (Å²) in [6.45, 7) is 3.14. The fourth-order valence-corrected chi connectivity index (χ4v) is 2.92. The Morgan fingerprint density at radius 2 is 2.14 bits per heavy atom. The molecule has 0 aromatic rings. The molecule has 0 aromatic heterocycles. The normalized spacial score (nSPS) is 30.1. The third-order valence-corrected chi connectivity index (χ3v) is 3.99. The van der Waals surface area contributed by atoms with E-state index in [-0.39, 0.29) is 0 Å². The van der Waals surface area contributed by atoms with Crippen LogP contribution in [0.3, 0.4) is 0 Å². The van der Waals surface area contributed by atoms with Crippen molar-refractivity contribution >= 4 is 0 Å². The van der Waals surface area contributed by atoms with Crippen LogP contribution in [0.15, 0.2) is 11.5 Å². The fraction of sp³-hybridized carbons (Fsp3) is 0.818. The first-order chi connectivity index (χ1) is 6.79. The summed E-state index contributed by atoms with van der Waals surface area (Å²) < 4.78 is 0. The van der Waals surface area contributed by atoms with Crippen LogP contribution in [-0.2, 0) is 0 Å². The molecule has 1 saturated carbocycles. The number of piperazine rings is 1. The Hall–Kier alpha value is -0.700. The number of nitrogens with zero attached hydrogens (tertiary/aromatic N) is 1. The van der Waals surface area contributed by atoms with Crippen LogP contribution in [0.5, 0.6) is 0 Å². The highest BCUT2D eigenvalue weighted by molar-refractivity contribution is 5.19. The molecule has 3 heteroatoms. The van der Waals surface area contributed by atoms with Crippen molar-refractivity contribution in [3.8, 4) is 0 Å². The van der Waals surface area contributed by atoms with Gasteiger partial charge in [0.25, 0.3) is 0 Å². The molecule has 0 aromatic carbocycles. The lowest BCUT2D eigenvalue weighted by Gasteiger charge is -2.52. The van der Waals surface area contributed by atoms with Crippen molar-refractivity contribution in [2.75, 3.05) is 19.6 Å². The third-order valence-electron chi connectivity index (χ3n) is 3.99. The van der Waals surface area contributed by atoms with Crippen molar-refractivity contribution in [2.45, 2.75) is 37.6 Å². The van der Waals surface area contributed by atoms with Gasteiger partial charge < -0.3 is 15.3 Å². The molecule has 1 aliphatic carbocycles. The minimum atomic E-state index is 0.404. The average Bonchev–Trinajstić information content (AvgIpc) is 2.15. The van der Waals surface area contributed by atoms with E-state index in [1.54, 1.807) is 0 Å². The first-order valence-corrected chi connectivity index (χ1v) is 5.70. The molecule has 2 aliphatic heterocycles. The number of aliphatic hydroxyl groups excluding tert-OH is 1. The van der Waals surface area contributed by atoms with Crippen LogP contribution in [0, 0.1) is 0 Å². The Kier molecular flexibility index (Phi) is 1.78. The summed E-state index contributed by atoms with van der Waals surface area (Å²) in [7, 11) is 0. The van der Waals surface area contributed by atoms with Gasteiger partial charge in [0.2, 0.25) is 0 Å². The van der Waals surface area contributed by atoms with E-state index in [1.807, 2.05) is 0 Å². The molecule has 3 nitrogen and oxygen atoms in total. The third kappa shape index (κ3) is 1.15. The zero-order chi connectivity index (χ0) is 9.60. The largest absolute Gasteiger partial charge is 0.510 e. The van der Waals surface area contributed by atoms with Crippen LogP contribution < -0.4 is 5.32 Å². The molecular weight excluding hydrogens is 176 g/mol. The summed E-state index contributed by atoms with van der Waals surface area (Å²) in [5.74, 6) is 0.623. The van der Waals surface area contributed by atoms with Crippen molar-refractivity contribution in [3.05, 3.63) is 11.5 Å². The van der Waals surface area contributed by atoms with Crippen LogP contribution in [0.1, 0.15) is 32.1 Å². The van der Waals surface area contributed by atoms with Crippen molar-refractivity contribution < 1.29 is 5.11 Å². The molecule has 0 radical (unpaired) electrons. The van der Waals surface area contributed by atoms with E-state index < -0.39 is 0 Å². The molecule has 0 bridgehead atoms. The van der Waals surface area contributed by atoms with E-state index in [1.165, 1.54) is 19.3 Å². The standard InChI is InChI=1S/C11H18N2O/c14-10-3-1-6-13-8-11(4-2-5-11)12-7-9(10)13/h12,14H,1-8H2. The van der Waals surface area contributed by atoms with Gasteiger partial charge in [-0.15, -0.1) is 0 Å². The molecule has 1 spiro atoms. The molecule has 0 unspecified atom stereocenters. The first kappa shape index (κ1) is 8.60. The van der Waals surface area contributed by atoms with Crippen LogP contribution in [0.2, 0.25) is 0 Å². The number of allylic oxidation sites excluding steroid dienone is 1. The second-order valence-electron chi connectivity index (χ2n) is 4.91. The predicted octanol–water partition coefficient (Wildman–Crippen LogP) is 1.38. The lowest BCUT2D eigenvalue weighted by molar-refractivity contribution is 0.0841. The molecule has 14 heavy (non-hydrogen) atoms. The Morgan fingerprint density at radius 3 is 2.86 bits per heavy atom. The number of aliphatic hydroxyl groups is 1. The fourth-order valence-electron chi connectivity index (χ4n) is 2.92. The molecule has 3 aliphatic rings. The number of hydrogen-bond acceptors (Lipinski definition) is 3. The van der Waals surface area contributed by atoms with Gasteiger partial charge in [-0.2, -0.15) is 0 Å². The number of rotatable bonds is 0. The van der Waals surface area contributed by atoms with Crippen molar-refractivity contribution in [3.63, 3.8) is 0 Å². The topological polar surface area (TPSA) is 35.5 Å². The van der Waals surface area contributed by atoms with E-state index in [9.17, 15) is 5.11 Å². The van der Waals surface area contributed by atoms with Gasteiger partial charge in [-0.1, -0.05) is 0 Å². The summed E-state index contributed by atoms with van der Waals surface area (Å²) in [5.41, 5.74) is 1.56. The highest BCUT2D eigenvalue weighted by atomic mass is 16.3. The van der Waals surface area contributed by atoms with Crippen LogP contribution >= 0.6 is 0 Å². The SMILES string of the molecule is OC1=C2CNC3(CCC3)CN2CCC1. The summed E-state index contributed by atoms with van der Waals surface area (Å²) in [6.07, 6.45) is 5.99. The summed E-state index contributed by atoms with van der Waals surface area (Å²) in [4.78, 5) is 2.40. The summed E-state index contributed by atoms with van der Waals surface area (Å²) >= 11 is 0. The lowest BCUT2D eigenvalue weighted by atomic mass is 9.74. The smallest absolute Gasteiger partial charge is 0.113 e. The van der Waals surface area contributed by atoms with Gasteiger partial charge in [0.15, 0.2) is 0 Å². The average molecular weight is 194 g/mol. The zero-order valence-electron chi connectivity index (χ0n) is 8.55. The Balaban J connectivity index is 1.81. The van der Waals surface area contributed by atoms with E-state index >= 15 is 0 Å². The second-order valence-corrected chi connectivity index (χ2v) is 4.91. The molecule has 0 atom stereocenters. The van der Waals surface area contributed by atoms with E-state index in [0.717, 1.165) is 38.2 Å². The molecule has 78 valence electrons. The van der Waals surface area contributed by atoms with Gasteiger partial charge in [-0.25, -0.2) is 0 Å². The van der Waals surface area contributed by atoms with Crippen molar-refractivity contribution in [1.82, 2.24) is 10.2 Å². The summed E-state index contributed by atoms with van der Waals surface area (Å²) in [5, 5.41) is 13.4. The minimum Gasteiger partial charge on any atom is -0.510 e. The minimum absolute atomic E-state index is 0.404. The molecule has 3 rings (SSSR count). The van der Waals surface area contributed by atoms with Crippen LogP contribution in [0.4, 0.5) is 0 Å². The maximum Gasteiger partial charge on any atom is 0.113 e. The van der Waals surface area contributed by atoms with Crippen molar-refractivity contribution in [1.29, 1.82) is 0 Å². The lowest BCUT2D eigenvalue weighted by Crippen LogP contribution is -2.63. The van der Waals surface area contributed by atoms with Gasteiger partial charge in [0.05, 0.1) is 5.70 Å². The molecule has 2 heterocycles. The van der Waals surface area contributed by atoms with Crippen LogP contribution in [-0.4, -0.2) is 35.2 Å². The van der Waals surface area contributed by atoms with Gasteiger partial charge in [0, 0.05) is 31.6 Å². The second kappa shape index (κ2) is 2.89. The van der Waals surface area contributed by atoms with Gasteiger partial charge in [-0.3, -0.25) is 0 Å². The Bertz CT molecular complexity index is 281. The molecule has 2 fully saturated rings. The van der Waals surface area contributed by atoms with E-state index in [4.69, 9.17) is 0 Å². The maximum atomic E-state index is 9.76. The highest BCUT2D eigenvalue weighted by Crippen LogP contribution is 2.37. The number of fused-ring (bicyclic) bond motifs is 1. The quantitative estimate of drug-likeness (QED) is 0.611. The molecule has 1 saturated heterocycles. The Labute approximate surface area is 84.8 Å². The zero-order valence-corrected chi connectivity index (χ0v) is 8.55. The first-order valence-electron chi connectivity index (χ1n) is 5.70. The number of hydrogen-bond donors (Lipinski definition) is 2. The molecule has 2 N–H and O–H groups in total. The van der Waals surface area contributed by atoms with Crippen LogP contribution in [0.25, 0.3) is 0 Å². The van der Waals surface area contributed by atoms with Crippen molar-refractivity contribution in [2.24, 2.45) is 0 Å². The molecule has 0 amide bonds. The highest BCUT2D eigenvalue weighted by Gasteiger charge is 2.42. The number of nitrogens with one attached hydrogen (secondary N) is 1. The van der Waals surface area contributed by atoms with Gasteiger partial charge in [0.1, 0.15) is 5.76 Å².